The number of ether oxygens (including phenoxy) is 2. The Hall–Kier alpha value is -5.46. The Kier molecular flexibility index (Phi) is 14.3. The van der Waals surface area contributed by atoms with E-state index >= 15 is 0 Å². The zero-order chi connectivity index (χ0) is 39.3. The summed E-state index contributed by atoms with van der Waals surface area (Å²) in [7, 11) is 0. The summed E-state index contributed by atoms with van der Waals surface area (Å²) in [5, 5.41) is 18.2. The van der Waals surface area contributed by atoms with Crippen LogP contribution >= 0.6 is 11.8 Å². The van der Waals surface area contributed by atoms with Crippen molar-refractivity contribution in [2.24, 2.45) is 0 Å². The SMILES string of the molecule is CC(=O)Nc1ccc(SCC2CC(c3ccc(CO)cc3)OC(c3cccc(-c4cccc(CNC(=O)CCCCC(=O)Nc5ccccc5N)c4)c3)O2)cc1. The predicted molar refractivity (Wildman–Crippen MR) is 222 cm³/mol. The molecule has 10 nitrogen and oxygen atoms in total. The van der Waals surface area contributed by atoms with Crippen LogP contribution in [0.1, 0.15) is 73.7 Å². The highest BCUT2D eigenvalue weighted by molar-refractivity contribution is 7.99. The Labute approximate surface area is 332 Å². The van der Waals surface area contributed by atoms with Crippen LogP contribution < -0.4 is 21.7 Å². The van der Waals surface area contributed by atoms with Gasteiger partial charge in [-0.25, -0.2) is 0 Å². The molecule has 0 aliphatic carbocycles. The molecule has 1 aliphatic heterocycles. The maximum atomic E-state index is 12.7. The van der Waals surface area contributed by atoms with Gasteiger partial charge in [0.25, 0.3) is 0 Å². The number of anilines is 3. The quantitative estimate of drug-likeness (QED) is 0.0380. The third-order valence-electron chi connectivity index (χ3n) is 9.43. The lowest BCUT2D eigenvalue weighted by atomic mass is 9.99. The molecule has 0 radical (unpaired) electrons. The summed E-state index contributed by atoms with van der Waals surface area (Å²) in [6.45, 7) is 1.86. The molecular formula is C45H48N4O6S. The number of nitrogens with one attached hydrogen (secondary N) is 3. The zero-order valence-electron chi connectivity index (χ0n) is 31.4. The van der Waals surface area contributed by atoms with E-state index in [9.17, 15) is 19.5 Å². The number of unbranched alkanes of at least 4 members (excludes halogenated alkanes) is 1. The Balaban J connectivity index is 1.06. The van der Waals surface area contributed by atoms with Crippen molar-refractivity contribution in [1.82, 2.24) is 5.32 Å². The zero-order valence-corrected chi connectivity index (χ0v) is 32.2. The Bertz CT molecular complexity index is 2090. The first kappa shape index (κ1) is 40.2. The Morgan fingerprint density at radius 3 is 2.20 bits per heavy atom. The number of nitrogens with two attached hydrogens (primary N) is 1. The number of aliphatic hydroxyl groups is 1. The topological polar surface area (TPSA) is 152 Å². The van der Waals surface area contributed by atoms with Gasteiger partial charge < -0.3 is 36.3 Å². The molecule has 6 rings (SSSR count). The van der Waals surface area contributed by atoms with E-state index in [1.165, 1.54) is 6.92 Å². The van der Waals surface area contributed by atoms with Gasteiger partial charge in [-0.3, -0.25) is 14.4 Å². The number of rotatable bonds is 16. The smallest absolute Gasteiger partial charge is 0.224 e. The van der Waals surface area contributed by atoms with Crippen molar-refractivity contribution in [2.75, 3.05) is 22.1 Å². The number of hydrogen-bond donors (Lipinski definition) is 5. The molecule has 0 bridgehead atoms. The number of nitrogen functional groups attached to an aromatic ring is 1. The van der Waals surface area contributed by atoms with E-state index in [0.29, 0.717) is 55.8 Å². The van der Waals surface area contributed by atoms with Crippen LogP contribution in [0, 0.1) is 0 Å². The molecule has 6 N–H and O–H groups in total. The fraction of sp³-hybridized carbons (Fsp3) is 0.267. The number of amides is 3. The molecule has 1 aliphatic rings. The van der Waals surface area contributed by atoms with Crippen LogP contribution in [0.25, 0.3) is 11.1 Å². The van der Waals surface area contributed by atoms with Crippen LogP contribution in [0.2, 0.25) is 0 Å². The van der Waals surface area contributed by atoms with Crippen LogP contribution in [0.15, 0.2) is 126 Å². The van der Waals surface area contributed by atoms with Gasteiger partial charge in [-0.05, 0) is 89.2 Å². The first-order chi connectivity index (χ1) is 27.2. The third kappa shape index (κ3) is 11.8. The molecule has 11 heteroatoms. The van der Waals surface area contributed by atoms with Gasteiger partial charge in [-0.1, -0.05) is 72.8 Å². The second-order valence-corrected chi connectivity index (χ2v) is 14.9. The molecule has 290 valence electrons. The van der Waals surface area contributed by atoms with E-state index in [1.807, 2.05) is 91.0 Å². The van der Waals surface area contributed by atoms with Gasteiger partial charge in [0.15, 0.2) is 6.29 Å². The van der Waals surface area contributed by atoms with E-state index in [4.69, 9.17) is 15.2 Å². The molecule has 5 aromatic rings. The molecular weight excluding hydrogens is 725 g/mol. The average molecular weight is 773 g/mol. The monoisotopic (exact) mass is 772 g/mol. The minimum atomic E-state index is -0.607. The fourth-order valence-electron chi connectivity index (χ4n) is 6.46. The van der Waals surface area contributed by atoms with Gasteiger partial charge in [0.2, 0.25) is 17.7 Å². The summed E-state index contributed by atoms with van der Waals surface area (Å²) >= 11 is 1.69. The molecule has 3 atom stereocenters. The molecule has 1 heterocycles. The highest BCUT2D eigenvalue weighted by Gasteiger charge is 2.32. The van der Waals surface area contributed by atoms with Gasteiger partial charge in [0.05, 0.1) is 30.2 Å². The van der Waals surface area contributed by atoms with Crippen LogP contribution in [-0.4, -0.2) is 34.7 Å². The highest BCUT2D eigenvalue weighted by Crippen LogP contribution is 2.40. The van der Waals surface area contributed by atoms with E-state index in [1.54, 1.807) is 23.9 Å². The molecule has 1 fully saturated rings. The van der Waals surface area contributed by atoms with Gasteiger partial charge in [-0.15, -0.1) is 11.8 Å². The summed E-state index contributed by atoms with van der Waals surface area (Å²) in [6, 6.07) is 39.0. The minimum absolute atomic E-state index is 0.0219. The minimum Gasteiger partial charge on any atom is -0.397 e. The van der Waals surface area contributed by atoms with Crippen molar-refractivity contribution < 1.29 is 29.0 Å². The van der Waals surface area contributed by atoms with Crippen molar-refractivity contribution in [3.63, 3.8) is 0 Å². The summed E-state index contributed by atoms with van der Waals surface area (Å²) in [6.07, 6.45) is 1.57. The van der Waals surface area contributed by atoms with Crippen molar-refractivity contribution in [3.05, 3.63) is 144 Å². The standard InChI is InChI=1S/C45H48N4O6S/c1-30(51)48-37-20-22-39(23-21-37)56-29-38-26-42(33-18-16-31(28-50)17-19-33)55-45(54-38)36-11-7-10-35(25-36)34-9-6-8-32(24-34)27-47-43(52)14-4-5-15-44(53)49-41-13-3-2-12-40(41)46/h2-3,6-13,16-25,38,42,45,50H,4-5,14-15,26-29,46H2,1H3,(H,47,52)(H,48,51)(H,49,53). The third-order valence-corrected chi connectivity index (χ3v) is 10.6. The number of benzene rings is 5. The van der Waals surface area contributed by atoms with Crippen LogP contribution in [-0.2, 0) is 37.0 Å². The second-order valence-electron chi connectivity index (χ2n) is 13.8. The van der Waals surface area contributed by atoms with E-state index in [0.717, 1.165) is 44.0 Å². The van der Waals surface area contributed by atoms with E-state index in [-0.39, 0.29) is 36.5 Å². The Morgan fingerprint density at radius 1 is 0.750 bits per heavy atom. The van der Waals surface area contributed by atoms with E-state index < -0.39 is 6.29 Å². The van der Waals surface area contributed by atoms with E-state index in [2.05, 4.69) is 34.1 Å². The highest BCUT2D eigenvalue weighted by atomic mass is 32.2. The Morgan fingerprint density at radius 2 is 1.46 bits per heavy atom. The lowest BCUT2D eigenvalue weighted by Crippen LogP contribution is -2.31. The number of aliphatic hydroxyl groups excluding tert-OH is 1. The summed E-state index contributed by atoms with van der Waals surface area (Å²) < 4.78 is 13.2. The maximum Gasteiger partial charge on any atom is 0.224 e. The largest absolute Gasteiger partial charge is 0.397 e. The number of carbonyl (C=O) groups excluding carboxylic acids is 3. The normalized spacial score (nSPS) is 16.5. The van der Waals surface area contributed by atoms with Crippen molar-refractivity contribution >= 4 is 46.5 Å². The lowest BCUT2D eigenvalue weighted by molar-refractivity contribution is -0.245. The van der Waals surface area contributed by atoms with Crippen molar-refractivity contribution in [2.45, 2.75) is 75.6 Å². The molecule has 0 saturated carbocycles. The lowest BCUT2D eigenvalue weighted by Gasteiger charge is -2.36. The average Bonchev–Trinajstić information content (AvgIpc) is 3.22. The number of para-hydroxylation sites is 2. The van der Waals surface area contributed by atoms with Crippen LogP contribution in [0.3, 0.4) is 0 Å². The summed E-state index contributed by atoms with van der Waals surface area (Å²) in [5.74, 6) is 0.412. The fourth-order valence-corrected chi connectivity index (χ4v) is 7.38. The molecule has 56 heavy (non-hydrogen) atoms. The van der Waals surface area contributed by atoms with Crippen molar-refractivity contribution in [3.8, 4) is 11.1 Å². The maximum absolute atomic E-state index is 12.7. The van der Waals surface area contributed by atoms with Gasteiger partial charge in [0.1, 0.15) is 0 Å². The molecule has 3 amide bonds. The first-order valence-electron chi connectivity index (χ1n) is 18.8. The molecule has 5 aromatic carbocycles. The molecule has 0 spiro atoms. The molecule has 0 aromatic heterocycles. The summed E-state index contributed by atoms with van der Waals surface area (Å²) in [4.78, 5) is 37.5. The van der Waals surface area contributed by atoms with Crippen LogP contribution in [0.4, 0.5) is 17.1 Å². The summed E-state index contributed by atoms with van der Waals surface area (Å²) in [5.41, 5.74) is 13.5. The number of thioether (sulfide) groups is 1. The van der Waals surface area contributed by atoms with Gasteiger partial charge >= 0.3 is 0 Å². The van der Waals surface area contributed by atoms with Gasteiger partial charge in [0, 0.05) is 54.6 Å². The molecule has 1 saturated heterocycles. The van der Waals surface area contributed by atoms with Gasteiger partial charge in [-0.2, -0.15) is 0 Å². The number of hydrogen-bond acceptors (Lipinski definition) is 8. The first-order valence-corrected chi connectivity index (χ1v) is 19.8. The molecule has 3 unspecified atom stereocenters. The number of carbonyl (C=O) groups is 3. The predicted octanol–water partition coefficient (Wildman–Crippen LogP) is 8.54. The van der Waals surface area contributed by atoms with Crippen molar-refractivity contribution in [1.29, 1.82) is 0 Å². The second kappa shape index (κ2) is 19.9. The van der Waals surface area contributed by atoms with Crippen LogP contribution in [0.5, 0.6) is 0 Å².